The fraction of sp³-hybridized carbons (Fsp3) is 0.740. The average molecular weight is 884 g/mol. The number of ketones is 3. The standard InChI is InChI=1S/C50H77NO12/c1-30-15-11-10-12-16-31(2)44(60-8)27-38-20-18-36(7)50(59,63-38)47(56)48(57)51-22-14-13-17-39(51)49(58)62-45(35(6)25-37-19-21-40(52)46(26-37)61-9)29-43(55)34(5)24-33(4)42(54)28-41(53)32(3)23-30/h10-12,15-16,24,30,32,34-40,42,44-46,52,54,59H,13-14,17-23,25-29H2,1-9H3/b12-10+,15-11+,31-16+,33-24+/t30-,32-,34-,35-,36-,37+,38+,39+,40-,42+,44?,45+,46-,50-/m1/s1. The molecule has 63 heavy (non-hydrogen) atoms. The first-order valence-corrected chi connectivity index (χ1v) is 23.4. The molecular weight excluding hydrogens is 807 g/mol. The quantitative estimate of drug-likeness (QED) is 0.154. The summed E-state index contributed by atoms with van der Waals surface area (Å²) in [5.74, 6) is -7.36. The Bertz CT molecular complexity index is 1700. The van der Waals surface area contributed by atoms with Crippen molar-refractivity contribution in [3.8, 4) is 0 Å². The summed E-state index contributed by atoms with van der Waals surface area (Å²) in [5.41, 5.74) is 1.39. The smallest absolute Gasteiger partial charge is 0.329 e. The fourth-order valence-corrected chi connectivity index (χ4v) is 9.78. The molecule has 2 saturated heterocycles. The third-order valence-electron chi connectivity index (χ3n) is 14.2. The van der Waals surface area contributed by atoms with E-state index in [4.69, 9.17) is 18.9 Å². The van der Waals surface area contributed by atoms with Gasteiger partial charge in [0.15, 0.2) is 0 Å². The molecule has 354 valence electrons. The summed E-state index contributed by atoms with van der Waals surface area (Å²) in [4.78, 5) is 71.1. The summed E-state index contributed by atoms with van der Waals surface area (Å²) in [7, 11) is 3.15. The minimum Gasteiger partial charge on any atom is -0.460 e. The van der Waals surface area contributed by atoms with Gasteiger partial charge in [-0.1, -0.05) is 71.1 Å². The molecule has 1 unspecified atom stereocenters. The van der Waals surface area contributed by atoms with E-state index in [1.54, 1.807) is 41.1 Å². The molecular formula is C50H77NO12. The Balaban J connectivity index is 1.67. The van der Waals surface area contributed by atoms with Gasteiger partial charge in [-0.05, 0) is 107 Å². The van der Waals surface area contributed by atoms with E-state index in [0.29, 0.717) is 63.4 Å². The van der Waals surface area contributed by atoms with Gasteiger partial charge < -0.3 is 39.2 Å². The fourth-order valence-electron chi connectivity index (χ4n) is 9.78. The molecule has 0 aromatic rings. The second-order valence-electron chi connectivity index (χ2n) is 19.3. The van der Waals surface area contributed by atoms with Crippen LogP contribution in [-0.4, -0.2) is 119 Å². The van der Waals surface area contributed by atoms with Crippen LogP contribution in [0.4, 0.5) is 0 Å². The molecule has 1 aliphatic carbocycles. The molecule has 1 amide bonds. The molecule has 0 aromatic heterocycles. The Hall–Kier alpha value is -3.33. The zero-order valence-corrected chi connectivity index (χ0v) is 39.3. The number of rotatable bonds is 5. The van der Waals surface area contributed by atoms with Crippen LogP contribution in [0.1, 0.15) is 132 Å². The molecule has 3 N–H and O–H groups in total. The monoisotopic (exact) mass is 884 g/mol. The van der Waals surface area contributed by atoms with Gasteiger partial charge >= 0.3 is 5.97 Å². The Morgan fingerprint density at radius 3 is 2.27 bits per heavy atom. The number of fused-ring (bicyclic) bond motifs is 3. The van der Waals surface area contributed by atoms with Crippen molar-refractivity contribution in [2.45, 2.75) is 180 Å². The SMILES string of the molecule is COC1C[C@@H]2CC[C@@H](C)[C@@](O)(O2)C(=O)C(=O)N2CCCC[C@H]2C(=O)O[C@H]([C@H](C)C[C@@H]2CC[C@@H](O)[C@H](OC)C2)CC(=O)[C@H](C)/C=C(\C)[C@@H](O)CC(=O)[C@H](C)C[C@H](C)/C=C/C=C/C=C/1C. The van der Waals surface area contributed by atoms with Crippen molar-refractivity contribution in [3.63, 3.8) is 0 Å². The zero-order chi connectivity index (χ0) is 46.6. The summed E-state index contributed by atoms with van der Waals surface area (Å²) < 4.78 is 23.8. The largest absolute Gasteiger partial charge is 0.460 e. The highest BCUT2D eigenvalue weighted by Gasteiger charge is 2.53. The third kappa shape index (κ3) is 14.3. The average Bonchev–Trinajstić information content (AvgIpc) is 3.25. The van der Waals surface area contributed by atoms with E-state index in [9.17, 15) is 39.3 Å². The second-order valence-corrected chi connectivity index (χ2v) is 19.3. The summed E-state index contributed by atoms with van der Waals surface area (Å²) in [6, 6.07) is -1.12. The third-order valence-corrected chi connectivity index (χ3v) is 14.2. The molecule has 13 nitrogen and oxygen atoms in total. The molecule has 3 fully saturated rings. The Kier molecular flexibility index (Phi) is 20.1. The van der Waals surface area contributed by atoms with Crippen LogP contribution in [0.2, 0.25) is 0 Å². The molecule has 3 heterocycles. The number of methoxy groups -OCH3 is 2. The number of nitrogens with zero attached hydrogens (tertiary/aromatic N) is 1. The maximum Gasteiger partial charge on any atom is 0.329 e. The molecule has 13 heteroatoms. The summed E-state index contributed by atoms with van der Waals surface area (Å²) >= 11 is 0. The molecule has 0 spiro atoms. The van der Waals surface area contributed by atoms with Crippen LogP contribution in [-0.2, 0) is 42.9 Å². The molecule has 0 aromatic carbocycles. The first kappa shape index (κ1) is 52.3. The number of hydrogen-bond donors (Lipinski definition) is 3. The molecule has 2 bridgehead atoms. The number of hydrogen-bond acceptors (Lipinski definition) is 12. The van der Waals surface area contributed by atoms with E-state index in [-0.39, 0.29) is 67.1 Å². The van der Waals surface area contributed by atoms with Crippen LogP contribution in [0.3, 0.4) is 0 Å². The molecule has 1 saturated carbocycles. The van der Waals surface area contributed by atoms with Gasteiger partial charge in [0, 0.05) is 57.8 Å². The Labute approximate surface area is 375 Å². The van der Waals surface area contributed by atoms with Gasteiger partial charge in [-0.3, -0.25) is 19.2 Å². The maximum atomic E-state index is 14.3. The van der Waals surface area contributed by atoms with Gasteiger partial charge in [0.2, 0.25) is 5.79 Å². The van der Waals surface area contributed by atoms with Gasteiger partial charge in [-0.2, -0.15) is 0 Å². The van der Waals surface area contributed by atoms with Gasteiger partial charge in [0.05, 0.1) is 30.5 Å². The highest BCUT2D eigenvalue weighted by molar-refractivity contribution is 6.39. The Morgan fingerprint density at radius 1 is 0.841 bits per heavy atom. The molecule has 4 rings (SSSR count). The number of ether oxygens (including phenoxy) is 4. The van der Waals surface area contributed by atoms with Crippen LogP contribution < -0.4 is 0 Å². The number of allylic oxidation sites excluding steroid dienone is 6. The normalized spacial score (nSPS) is 40.1. The van der Waals surface area contributed by atoms with Crippen molar-refractivity contribution in [1.29, 1.82) is 0 Å². The molecule has 3 aliphatic heterocycles. The van der Waals surface area contributed by atoms with Crippen LogP contribution >= 0.6 is 0 Å². The number of piperidine rings is 1. The number of amides is 1. The van der Waals surface area contributed by atoms with Crippen molar-refractivity contribution >= 4 is 29.2 Å². The van der Waals surface area contributed by atoms with E-state index < -0.39 is 71.8 Å². The van der Waals surface area contributed by atoms with Gasteiger partial charge in [-0.25, -0.2) is 4.79 Å². The number of aliphatic hydroxyl groups excluding tert-OH is 2. The van der Waals surface area contributed by atoms with Crippen molar-refractivity contribution < 1.29 is 58.2 Å². The topological polar surface area (TPSA) is 186 Å². The van der Waals surface area contributed by atoms with Crippen molar-refractivity contribution in [3.05, 3.63) is 47.6 Å². The predicted molar refractivity (Wildman–Crippen MR) is 239 cm³/mol. The number of carbonyl (C=O) groups is 5. The number of aliphatic hydroxyl groups is 3. The van der Waals surface area contributed by atoms with Crippen molar-refractivity contribution in [2.24, 2.45) is 35.5 Å². The number of carbonyl (C=O) groups excluding carboxylic acids is 5. The van der Waals surface area contributed by atoms with Gasteiger partial charge in [-0.15, -0.1) is 0 Å². The number of esters is 1. The van der Waals surface area contributed by atoms with E-state index in [1.165, 1.54) is 4.90 Å². The van der Waals surface area contributed by atoms with Crippen molar-refractivity contribution in [2.75, 3.05) is 20.8 Å². The van der Waals surface area contributed by atoms with Crippen molar-refractivity contribution in [1.82, 2.24) is 4.90 Å². The van der Waals surface area contributed by atoms with Gasteiger partial charge in [0.1, 0.15) is 23.7 Å². The van der Waals surface area contributed by atoms with E-state index in [1.807, 2.05) is 58.1 Å². The summed E-state index contributed by atoms with van der Waals surface area (Å²) in [6.07, 6.45) is 13.0. The maximum absolute atomic E-state index is 14.3. The van der Waals surface area contributed by atoms with E-state index >= 15 is 0 Å². The first-order valence-electron chi connectivity index (χ1n) is 23.4. The Morgan fingerprint density at radius 2 is 1.57 bits per heavy atom. The summed E-state index contributed by atoms with van der Waals surface area (Å²) in [6.45, 7) is 12.9. The lowest BCUT2D eigenvalue weighted by molar-refractivity contribution is -0.265. The molecule has 0 radical (unpaired) electrons. The summed E-state index contributed by atoms with van der Waals surface area (Å²) in [5, 5.41) is 33.5. The minimum atomic E-state index is -2.42. The molecule has 14 atom stereocenters. The van der Waals surface area contributed by atoms with Crippen LogP contribution in [0.15, 0.2) is 47.6 Å². The lowest BCUT2D eigenvalue weighted by Gasteiger charge is -2.42. The first-order chi connectivity index (χ1) is 29.8. The lowest BCUT2D eigenvalue weighted by Crippen LogP contribution is -2.61. The second kappa shape index (κ2) is 24.3. The minimum absolute atomic E-state index is 0.0725. The highest BCUT2D eigenvalue weighted by atomic mass is 16.6. The van der Waals surface area contributed by atoms with Gasteiger partial charge in [0.25, 0.3) is 11.7 Å². The van der Waals surface area contributed by atoms with Crippen LogP contribution in [0.25, 0.3) is 0 Å². The lowest BCUT2D eigenvalue weighted by atomic mass is 9.78. The zero-order valence-electron chi connectivity index (χ0n) is 39.3. The van der Waals surface area contributed by atoms with Crippen LogP contribution in [0, 0.1) is 35.5 Å². The highest BCUT2D eigenvalue weighted by Crippen LogP contribution is 2.37. The molecule has 4 aliphatic rings. The van der Waals surface area contributed by atoms with E-state index in [0.717, 1.165) is 12.0 Å². The number of Topliss-reactive ketones (excluding diaryl/α,β-unsaturated/α-hetero) is 3. The van der Waals surface area contributed by atoms with Crippen LogP contribution in [0.5, 0.6) is 0 Å². The van der Waals surface area contributed by atoms with E-state index in [2.05, 4.69) is 0 Å². The number of cyclic esters (lactones) is 1. The predicted octanol–water partition coefficient (Wildman–Crippen LogP) is 6.56.